The van der Waals surface area contributed by atoms with Crippen molar-refractivity contribution in [3.05, 3.63) is 60.2 Å². The number of hydrogen-bond acceptors (Lipinski definition) is 4. The predicted octanol–water partition coefficient (Wildman–Crippen LogP) is 4.13. The number of amides is 1. The molecule has 0 saturated carbocycles. The van der Waals surface area contributed by atoms with Crippen molar-refractivity contribution < 1.29 is 13.6 Å². The highest BCUT2D eigenvalue weighted by atomic mass is 32.2. The molecule has 0 unspecified atom stereocenters. The molecule has 0 radical (unpaired) electrons. The summed E-state index contributed by atoms with van der Waals surface area (Å²) in [6, 6.07) is 17.6. The van der Waals surface area contributed by atoms with Crippen molar-refractivity contribution in [3.8, 4) is 0 Å². The highest BCUT2D eigenvalue weighted by Gasteiger charge is 2.22. The minimum absolute atomic E-state index is 0.0141. The number of benzene rings is 2. The molecule has 0 aliphatic carbocycles. The van der Waals surface area contributed by atoms with E-state index >= 15 is 0 Å². The lowest BCUT2D eigenvalue weighted by Crippen LogP contribution is -2.45. The number of para-hydroxylation sites is 2. The van der Waals surface area contributed by atoms with Gasteiger partial charge in [-0.05, 0) is 42.3 Å². The number of thioether (sulfide) groups is 1. The van der Waals surface area contributed by atoms with Gasteiger partial charge < -0.3 is 9.88 Å². The van der Waals surface area contributed by atoms with Crippen LogP contribution in [0.5, 0.6) is 0 Å². The lowest BCUT2D eigenvalue weighted by Gasteiger charge is -2.32. The van der Waals surface area contributed by atoms with Gasteiger partial charge in [-0.15, -0.1) is 0 Å². The average Bonchev–Trinajstić information content (AvgIpc) is 3.06. The second kappa shape index (κ2) is 9.57. The number of likely N-dealkylation sites (tertiary alicyclic amines) is 1. The van der Waals surface area contributed by atoms with Crippen LogP contribution in [0.1, 0.15) is 18.4 Å². The van der Waals surface area contributed by atoms with Crippen molar-refractivity contribution >= 4 is 28.7 Å². The summed E-state index contributed by atoms with van der Waals surface area (Å²) in [5.74, 6) is -2.76. The summed E-state index contributed by atoms with van der Waals surface area (Å²) < 4.78 is 27.4. The minimum atomic E-state index is -2.59. The summed E-state index contributed by atoms with van der Waals surface area (Å²) in [7, 11) is 0. The number of nitrogens with one attached hydrogen (secondary N) is 1. The maximum absolute atomic E-state index is 12.9. The van der Waals surface area contributed by atoms with E-state index < -0.39 is 5.76 Å². The van der Waals surface area contributed by atoms with Gasteiger partial charge in [0.25, 0.3) is 5.76 Å². The number of hydrogen-bond donors (Lipinski definition) is 1. The number of carbonyl (C=O) groups excluding carboxylic acids is 1. The highest BCUT2D eigenvalue weighted by Crippen LogP contribution is 2.28. The van der Waals surface area contributed by atoms with Crippen molar-refractivity contribution in [1.29, 1.82) is 0 Å². The second-order valence-electron chi connectivity index (χ2n) is 7.45. The Kier molecular flexibility index (Phi) is 6.64. The van der Waals surface area contributed by atoms with Gasteiger partial charge in [-0.3, -0.25) is 9.69 Å². The van der Waals surface area contributed by atoms with Crippen LogP contribution in [0.3, 0.4) is 0 Å². The number of alkyl halides is 2. The Morgan fingerprint density at radius 2 is 1.80 bits per heavy atom. The minimum Gasteiger partial charge on any atom is -0.352 e. The molecule has 1 fully saturated rings. The summed E-state index contributed by atoms with van der Waals surface area (Å²) in [6.07, 6.45) is 1.75. The van der Waals surface area contributed by atoms with Gasteiger partial charge >= 0.3 is 0 Å². The summed E-state index contributed by atoms with van der Waals surface area (Å²) in [4.78, 5) is 19.3. The highest BCUT2D eigenvalue weighted by molar-refractivity contribution is 7.99. The molecule has 1 aliphatic rings. The molecule has 5 nitrogen and oxygen atoms in total. The lowest BCUT2D eigenvalue weighted by atomic mass is 10.0. The van der Waals surface area contributed by atoms with Gasteiger partial charge in [0.15, 0.2) is 5.16 Å². The van der Waals surface area contributed by atoms with Crippen LogP contribution in [-0.2, 0) is 17.9 Å². The Labute approximate surface area is 178 Å². The molecule has 0 atom stereocenters. The zero-order valence-corrected chi connectivity index (χ0v) is 17.3. The molecular weight excluding hydrogens is 406 g/mol. The van der Waals surface area contributed by atoms with Crippen LogP contribution in [0.4, 0.5) is 8.78 Å². The fourth-order valence-corrected chi connectivity index (χ4v) is 4.47. The average molecular weight is 431 g/mol. The van der Waals surface area contributed by atoms with E-state index in [0.717, 1.165) is 32.5 Å². The summed E-state index contributed by atoms with van der Waals surface area (Å²) in [5.41, 5.74) is 2.59. The normalized spacial score (nSPS) is 15.7. The molecule has 2 aromatic carbocycles. The van der Waals surface area contributed by atoms with E-state index in [1.165, 1.54) is 5.56 Å². The van der Waals surface area contributed by atoms with Crippen molar-refractivity contribution in [2.45, 2.75) is 42.9 Å². The SMILES string of the molecule is O=C(Cn1c(SC(F)F)nc2ccccc21)NC1CCN(Cc2ccccc2)CC1. The molecule has 4 rings (SSSR count). The Morgan fingerprint density at radius 3 is 2.53 bits per heavy atom. The van der Waals surface area contributed by atoms with Gasteiger partial charge in [0.1, 0.15) is 6.54 Å². The van der Waals surface area contributed by atoms with E-state index in [9.17, 15) is 13.6 Å². The maximum atomic E-state index is 12.9. The predicted molar refractivity (Wildman–Crippen MR) is 114 cm³/mol. The fourth-order valence-electron chi connectivity index (χ4n) is 3.87. The van der Waals surface area contributed by atoms with Gasteiger partial charge in [0.05, 0.1) is 11.0 Å². The molecule has 1 N–H and O–H groups in total. The number of rotatable bonds is 7. The van der Waals surface area contributed by atoms with Gasteiger partial charge in [-0.25, -0.2) is 4.98 Å². The Balaban J connectivity index is 1.34. The molecular formula is C22H24F2N4OS. The van der Waals surface area contributed by atoms with Crippen LogP contribution >= 0.6 is 11.8 Å². The molecule has 158 valence electrons. The molecule has 0 bridgehead atoms. The number of fused-ring (bicyclic) bond motifs is 1. The molecule has 1 saturated heterocycles. The third kappa shape index (κ3) is 5.17. The first-order valence-corrected chi connectivity index (χ1v) is 10.9. The Hall–Kier alpha value is -2.45. The third-order valence-corrected chi connectivity index (χ3v) is 6.02. The fraction of sp³-hybridized carbons (Fsp3) is 0.364. The Morgan fingerprint density at radius 1 is 1.10 bits per heavy atom. The van der Waals surface area contributed by atoms with Gasteiger partial charge in [-0.2, -0.15) is 8.78 Å². The second-order valence-corrected chi connectivity index (χ2v) is 8.41. The van der Waals surface area contributed by atoms with Crippen LogP contribution in [-0.4, -0.2) is 45.2 Å². The van der Waals surface area contributed by atoms with Crippen molar-refractivity contribution in [3.63, 3.8) is 0 Å². The molecule has 1 aliphatic heterocycles. The zero-order chi connectivity index (χ0) is 20.9. The number of piperidine rings is 1. The molecule has 1 aromatic heterocycles. The molecule has 1 amide bonds. The monoisotopic (exact) mass is 430 g/mol. The smallest absolute Gasteiger partial charge is 0.291 e. The van der Waals surface area contributed by atoms with E-state index in [4.69, 9.17) is 0 Å². The quantitative estimate of drug-likeness (QED) is 0.573. The number of aromatic nitrogens is 2. The summed E-state index contributed by atoms with van der Waals surface area (Å²) in [5, 5.41) is 3.24. The van der Waals surface area contributed by atoms with Crippen LogP contribution in [0, 0.1) is 0 Å². The molecule has 0 spiro atoms. The molecule has 8 heteroatoms. The lowest BCUT2D eigenvalue weighted by molar-refractivity contribution is -0.122. The largest absolute Gasteiger partial charge is 0.352 e. The van der Waals surface area contributed by atoms with Crippen molar-refractivity contribution in [2.75, 3.05) is 13.1 Å². The van der Waals surface area contributed by atoms with E-state index in [1.807, 2.05) is 24.3 Å². The number of carbonyl (C=O) groups is 1. The van der Waals surface area contributed by atoms with Crippen LogP contribution < -0.4 is 5.32 Å². The van der Waals surface area contributed by atoms with Crippen molar-refractivity contribution in [2.24, 2.45) is 0 Å². The molecule has 30 heavy (non-hydrogen) atoms. The van der Waals surface area contributed by atoms with E-state index in [0.29, 0.717) is 22.8 Å². The van der Waals surface area contributed by atoms with E-state index in [-0.39, 0.29) is 23.7 Å². The molecule has 3 aromatic rings. The number of imidazole rings is 1. The summed E-state index contributed by atoms with van der Waals surface area (Å²) >= 11 is 0.372. The topological polar surface area (TPSA) is 50.2 Å². The van der Waals surface area contributed by atoms with Gasteiger partial charge in [0, 0.05) is 25.7 Å². The van der Waals surface area contributed by atoms with E-state index in [1.54, 1.807) is 22.8 Å². The standard InChI is InChI=1S/C22H24F2N4OS/c23-21(24)30-22-26-18-8-4-5-9-19(18)28(22)15-20(29)25-17-10-12-27(13-11-17)14-16-6-2-1-3-7-16/h1-9,17,21H,10-15H2,(H,25,29). The van der Waals surface area contributed by atoms with Crippen LogP contribution in [0.2, 0.25) is 0 Å². The van der Waals surface area contributed by atoms with E-state index in [2.05, 4.69) is 27.3 Å². The van der Waals surface area contributed by atoms with Crippen LogP contribution in [0.25, 0.3) is 11.0 Å². The molecule has 2 heterocycles. The number of nitrogens with zero attached hydrogens (tertiary/aromatic N) is 3. The maximum Gasteiger partial charge on any atom is 0.291 e. The van der Waals surface area contributed by atoms with Crippen LogP contribution in [0.15, 0.2) is 59.8 Å². The van der Waals surface area contributed by atoms with Gasteiger partial charge in [0.2, 0.25) is 5.91 Å². The number of halogens is 2. The zero-order valence-electron chi connectivity index (χ0n) is 16.5. The summed E-state index contributed by atoms with van der Waals surface area (Å²) in [6.45, 7) is 2.73. The first-order chi connectivity index (χ1) is 14.6. The van der Waals surface area contributed by atoms with Crippen molar-refractivity contribution in [1.82, 2.24) is 19.8 Å². The van der Waals surface area contributed by atoms with Gasteiger partial charge in [-0.1, -0.05) is 42.5 Å². The first kappa shape index (κ1) is 20.8. The Bertz CT molecular complexity index is 987. The first-order valence-electron chi connectivity index (χ1n) is 10.0. The third-order valence-electron chi connectivity index (χ3n) is 5.32.